The summed E-state index contributed by atoms with van der Waals surface area (Å²) in [7, 11) is 1.59. The SMILES string of the molecule is C=C(C(=O)OCCN(C)C(=O)C1CC=CCC1C(=O)O)C(C)C. The van der Waals surface area contributed by atoms with Crippen molar-refractivity contribution in [1.29, 1.82) is 0 Å². The molecule has 0 heterocycles. The second-order valence-electron chi connectivity index (χ2n) is 6.07. The van der Waals surface area contributed by atoms with Gasteiger partial charge in [0.15, 0.2) is 0 Å². The predicted molar refractivity (Wildman–Crippen MR) is 85.6 cm³/mol. The number of nitrogens with zero attached hydrogens (tertiary/aromatic N) is 1. The molecule has 1 aliphatic rings. The van der Waals surface area contributed by atoms with Crippen LogP contribution in [-0.4, -0.2) is 48.1 Å². The van der Waals surface area contributed by atoms with E-state index >= 15 is 0 Å². The number of hydrogen-bond donors (Lipinski definition) is 1. The Bertz CT molecular complexity index is 509. The molecule has 1 N–H and O–H groups in total. The van der Waals surface area contributed by atoms with Crippen molar-refractivity contribution >= 4 is 17.8 Å². The average molecular weight is 323 g/mol. The first-order valence-corrected chi connectivity index (χ1v) is 7.74. The topological polar surface area (TPSA) is 83.9 Å². The summed E-state index contributed by atoms with van der Waals surface area (Å²) >= 11 is 0. The number of ether oxygens (including phenoxy) is 1. The smallest absolute Gasteiger partial charge is 0.333 e. The van der Waals surface area contributed by atoms with Crippen LogP contribution in [-0.2, 0) is 19.1 Å². The molecule has 2 unspecified atom stereocenters. The summed E-state index contributed by atoms with van der Waals surface area (Å²) in [5.41, 5.74) is 0.391. The minimum atomic E-state index is -0.958. The zero-order valence-corrected chi connectivity index (χ0v) is 13.9. The molecule has 128 valence electrons. The van der Waals surface area contributed by atoms with Crippen molar-refractivity contribution < 1.29 is 24.2 Å². The van der Waals surface area contributed by atoms with Gasteiger partial charge < -0.3 is 14.7 Å². The molecule has 0 radical (unpaired) electrons. The summed E-state index contributed by atoms with van der Waals surface area (Å²) in [5.74, 6) is -2.92. The van der Waals surface area contributed by atoms with Crippen LogP contribution in [0.15, 0.2) is 24.3 Å². The largest absolute Gasteiger partial charge is 0.481 e. The first kappa shape index (κ1) is 18.9. The van der Waals surface area contributed by atoms with E-state index in [2.05, 4.69) is 6.58 Å². The third-order valence-corrected chi connectivity index (χ3v) is 4.06. The summed E-state index contributed by atoms with van der Waals surface area (Å²) in [6.45, 7) is 7.65. The van der Waals surface area contributed by atoms with Gasteiger partial charge in [-0.05, 0) is 18.8 Å². The highest BCUT2D eigenvalue weighted by Crippen LogP contribution is 2.27. The summed E-state index contributed by atoms with van der Waals surface area (Å²) in [4.78, 5) is 36.7. The molecule has 0 aromatic rings. The number of aliphatic carboxylic acids is 1. The highest BCUT2D eigenvalue weighted by Gasteiger charge is 2.35. The highest BCUT2D eigenvalue weighted by molar-refractivity contribution is 5.88. The molecule has 0 aromatic heterocycles. The molecule has 0 aliphatic heterocycles. The maximum Gasteiger partial charge on any atom is 0.333 e. The summed E-state index contributed by atoms with van der Waals surface area (Å²) in [6, 6.07) is 0. The molecule has 0 bridgehead atoms. The number of likely N-dealkylation sites (N-methyl/N-ethyl adjacent to an activating group) is 1. The fourth-order valence-electron chi connectivity index (χ4n) is 2.36. The van der Waals surface area contributed by atoms with E-state index in [0.717, 1.165) is 0 Å². The van der Waals surface area contributed by atoms with Gasteiger partial charge in [0.25, 0.3) is 0 Å². The monoisotopic (exact) mass is 323 g/mol. The molecule has 1 amide bonds. The minimum absolute atomic E-state index is 0.00668. The summed E-state index contributed by atoms with van der Waals surface area (Å²) in [6.07, 6.45) is 4.41. The van der Waals surface area contributed by atoms with Gasteiger partial charge in [-0.15, -0.1) is 0 Å². The van der Waals surface area contributed by atoms with Crippen LogP contribution < -0.4 is 0 Å². The minimum Gasteiger partial charge on any atom is -0.481 e. The fraction of sp³-hybridized carbons (Fsp3) is 0.588. The number of amides is 1. The lowest BCUT2D eigenvalue weighted by Gasteiger charge is -2.28. The molecule has 1 rings (SSSR count). The number of esters is 1. The predicted octanol–water partition coefficient (Wildman–Crippen LogP) is 1.87. The van der Waals surface area contributed by atoms with Crippen LogP contribution in [0.5, 0.6) is 0 Å². The number of carboxylic acid groups (broad SMARTS) is 1. The standard InChI is InChI=1S/C17H25NO5/c1-11(2)12(3)17(22)23-10-9-18(4)15(19)13-7-5-6-8-14(13)16(20)21/h5-6,11,13-14H,3,7-10H2,1-2,4H3,(H,20,21). The van der Waals surface area contributed by atoms with Crippen molar-refractivity contribution in [3.05, 3.63) is 24.3 Å². The molecule has 0 saturated heterocycles. The molecule has 0 aromatic carbocycles. The Morgan fingerprint density at radius 3 is 2.35 bits per heavy atom. The van der Waals surface area contributed by atoms with Crippen LogP contribution in [0.4, 0.5) is 0 Å². The van der Waals surface area contributed by atoms with Gasteiger partial charge >= 0.3 is 11.9 Å². The van der Waals surface area contributed by atoms with Crippen molar-refractivity contribution in [3.63, 3.8) is 0 Å². The van der Waals surface area contributed by atoms with Gasteiger partial charge in [-0.1, -0.05) is 32.6 Å². The number of hydrogen-bond acceptors (Lipinski definition) is 4. The van der Waals surface area contributed by atoms with Gasteiger partial charge in [-0.3, -0.25) is 9.59 Å². The van der Waals surface area contributed by atoms with E-state index in [1.165, 1.54) is 4.90 Å². The van der Waals surface area contributed by atoms with E-state index in [1.807, 2.05) is 19.9 Å². The second-order valence-corrected chi connectivity index (χ2v) is 6.07. The molecule has 0 saturated carbocycles. The van der Waals surface area contributed by atoms with Crippen molar-refractivity contribution in [3.8, 4) is 0 Å². The van der Waals surface area contributed by atoms with Gasteiger partial charge in [-0.25, -0.2) is 4.79 Å². The molecule has 23 heavy (non-hydrogen) atoms. The van der Waals surface area contributed by atoms with E-state index in [0.29, 0.717) is 18.4 Å². The lowest BCUT2D eigenvalue weighted by Crippen LogP contribution is -2.41. The fourth-order valence-corrected chi connectivity index (χ4v) is 2.36. The number of carboxylic acids is 1. The molecule has 6 heteroatoms. The Labute approximate surface area is 136 Å². The van der Waals surface area contributed by atoms with E-state index in [9.17, 15) is 19.5 Å². The Morgan fingerprint density at radius 2 is 1.83 bits per heavy atom. The molecule has 1 aliphatic carbocycles. The maximum absolute atomic E-state index is 12.4. The second kappa shape index (κ2) is 8.50. The Balaban J connectivity index is 2.51. The third-order valence-electron chi connectivity index (χ3n) is 4.06. The molecular formula is C17H25NO5. The Kier molecular flexibility index (Phi) is 7.00. The van der Waals surface area contributed by atoms with Crippen LogP contribution in [0, 0.1) is 17.8 Å². The van der Waals surface area contributed by atoms with Crippen LogP contribution in [0.2, 0.25) is 0 Å². The van der Waals surface area contributed by atoms with Crippen molar-refractivity contribution in [1.82, 2.24) is 4.90 Å². The molecule has 6 nitrogen and oxygen atoms in total. The quantitative estimate of drug-likeness (QED) is 0.439. The zero-order chi connectivity index (χ0) is 17.6. The van der Waals surface area contributed by atoms with Gasteiger partial charge in [0, 0.05) is 12.6 Å². The Morgan fingerprint density at radius 1 is 1.26 bits per heavy atom. The van der Waals surface area contributed by atoms with E-state index < -0.39 is 23.8 Å². The summed E-state index contributed by atoms with van der Waals surface area (Å²) < 4.78 is 5.08. The van der Waals surface area contributed by atoms with Crippen molar-refractivity contribution in [2.75, 3.05) is 20.2 Å². The molecule has 0 fully saturated rings. The summed E-state index contributed by atoms with van der Waals surface area (Å²) in [5, 5.41) is 9.22. The third kappa shape index (κ3) is 5.23. The number of rotatable bonds is 7. The van der Waals surface area contributed by atoms with E-state index in [1.54, 1.807) is 13.1 Å². The number of allylic oxidation sites excluding steroid dienone is 2. The number of carbonyl (C=O) groups excluding carboxylic acids is 2. The maximum atomic E-state index is 12.4. The van der Waals surface area contributed by atoms with Crippen LogP contribution in [0.25, 0.3) is 0 Å². The van der Waals surface area contributed by atoms with Crippen LogP contribution >= 0.6 is 0 Å². The van der Waals surface area contributed by atoms with Crippen molar-refractivity contribution in [2.24, 2.45) is 17.8 Å². The Hall–Kier alpha value is -2.11. The van der Waals surface area contributed by atoms with Crippen LogP contribution in [0.1, 0.15) is 26.7 Å². The van der Waals surface area contributed by atoms with Gasteiger partial charge in [0.05, 0.1) is 18.4 Å². The van der Waals surface area contributed by atoms with Gasteiger partial charge in [0.2, 0.25) is 5.91 Å². The van der Waals surface area contributed by atoms with Gasteiger partial charge in [-0.2, -0.15) is 0 Å². The highest BCUT2D eigenvalue weighted by atomic mass is 16.5. The first-order valence-electron chi connectivity index (χ1n) is 7.74. The number of carbonyl (C=O) groups is 3. The normalized spacial score (nSPS) is 20.2. The average Bonchev–Trinajstić information content (AvgIpc) is 2.52. The van der Waals surface area contributed by atoms with E-state index in [-0.39, 0.29) is 25.0 Å². The van der Waals surface area contributed by atoms with E-state index in [4.69, 9.17) is 4.74 Å². The lowest BCUT2D eigenvalue weighted by molar-refractivity contribution is -0.150. The molecule has 2 atom stereocenters. The molecule has 0 spiro atoms. The zero-order valence-electron chi connectivity index (χ0n) is 13.9. The van der Waals surface area contributed by atoms with Crippen molar-refractivity contribution in [2.45, 2.75) is 26.7 Å². The molecular weight excluding hydrogens is 298 g/mol. The first-order chi connectivity index (χ1) is 10.8. The lowest BCUT2D eigenvalue weighted by atomic mass is 9.82. The van der Waals surface area contributed by atoms with Gasteiger partial charge in [0.1, 0.15) is 6.61 Å². The van der Waals surface area contributed by atoms with Crippen LogP contribution in [0.3, 0.4) is 0 Å².